The van der Waals surface area contributed by atoms with Crippen molar-refractivity contribution in [2.75, 3.05) is 25.2 Å². The summed E-state index contributed by atoms with van der Waals surface area (Å²) < 4.78 is 28.0. The summed E-state index contributed by atoms with van der Waals surface area (Å²) in [5, 5.41) is 3.44. The fourth-order valence-corrected chi connectivity index (χ4v) is 3.30. The van der Waals surface area contributed by atoms with Crippen molar-refractivity contribution in [2.45, 2.75) is 32.2 Å². The van der Waals surface area contributed by atoms with Crippen molar-refractivity contribution in [3.63, 3.8) is 0 Å². The summed E-state index contributed by atoms with van der Waals surface area (Å²) in [7, 11) is -2.87. The third-order valence-corrected chi connectivity index (χ3v) is 4.60. The Balaban J connectivity index is 2.04. The highest BCUT2D eigenvalue weighted by Crippen LogP contribution is 2.29. The molecule has 0 spiro atoms. The number of fused-ring (bicyclic) bond motifs is 1. The number of rotatable bonds is 7. The lowest BCUT2D eigenvalue weighted by molar-refractivity contribution is 0.356. The SMILES string of the molecule is CCNC(CCCS(C)(=O)=O)c1ccc2c(c1)CCO2. The van der Waals surface area contributed by atoms with Gasteiger partial charge in [-0.2, -0.15) is 0 Å². The van der Waals surface area contributed by atoms with Gasteiger partial charge in [-0.15, -0.1) is 0 Å². The van der Waals surface area contributed by atoms with Crippen molar-refractivity contribution in [1.82, 2.24) is 5.32 Å². The van der Waals surface area contributed by atoms with E-state index in [2.05, 4.69) is 24.4 Å². The largest absolute Gasteiger partial charge is 0.493 e. The van der Waals surface area contributed by atoms with Gasteiger partial charge in [0.1, 0.15) is 15.6 Å². The maximum atomic E-state index is 11.2. The lowest BCUT2D eigenvalue weighted by Crippen LogP contribution is -2.21. The Hall–Kier alpha value is -1.07. The Morgan fingerprint density at radius 3 is 2.90 bits per heavy atom. The zero-order chi connectivity index (χ0) is 14.6. The van der Waals surface area contributed by atoms with E-state index in [4.69, 9.17) is 4.74 Å². The molecule has 1 aromatic carbocycles. The van der Waals surface area contributed by atoms with Gasteiger partial charge in [-0.1, -0.05) is 19.1 Å². The van der Waals surface area contributed by atoms with E-state index in [0.717, 1.165) is 31.7 Å². The average Bonchev–Trinajstić information content (AvgIpc) is 2.83. The molecule has 1 aliphatic rings. The van der Waals surface area contributed by atoms with Crippen LogP contribution < -0.4 is 10.1 Å². The topological polar surface area (TPSA) is 55.4 Å². The maximum absolute atomic E-state index is 11.2. The molecule has 0 radical (unpaired) electrons. The number of nitrogens with one attached hydrogen (secondary N) is 1. The van der Waals surface area contributed by atoms with E-state index in [1.165, 1.54) is 17.4 Å². The highest BCUT2D eigenvalue weighted by molar-refractivity contribution is 7.90. The van der Waals surface area contributed by atoms with Crippen LogP contribution in [0.1, 0.15) is 36.9 Å². The second kappa shape index (κ2) is 6.59. The molecule has 4 nitrogen and oxygen atoms in total. The van der Waals surface area contributed by atoms with E-state index in [9.17, 15) is 8.42 Å². The summed E-state index contributed by atoms with van der Waals surface area (Å²) in [5.41, 5.74) is 2.48. The summed E-state index contributed by atoms with van der Waals surface area (Å²) in [4.78, 5) is 0. The molecule has 0 aliphatic carbocycles. The highest BCUT2D eigenvalue weighted by Gasteiger charge is 2.17. The normalized spacial score (nSPS) is 15.7. The van der Waals surface area contributed by atoms with Crippen molar-refractivity contribution in [3.8, 4) is 5.75 Å². The Morgan fingerprint density at radius 1 is 1.40 bits per heavy atom. The van der Waals surface area contributed by atoms with Gasteiger partial charge >= 0.3 is 0 Å². The minimum atomic E-state index is -2.87. The second-order valence-corrected chi connectivity index (χ2v) is 7.61. The van der Waals surface area contributed by atoms with Crippen LogP contribution in [0.4, 0.5) is 0 Å². The molecule has 5 heteroatoms. The molecule has 0 bridgehead atoms. The van der Waals surface area contributed by atoms with Crippen molar-refractivity contribution in [1.29, 1.82) is 0 Å². The summed E-state index contributed by atoms with van der Waals surface area (Å²) in [5.74, 6) is 1.24. The first-order valence-electron chi connectivity index (χ1n) is 7.16. The van der Waals surface area contributed by atoms with Crippen LogP contribution in [0, 0.1) is 0 Å². The molecule has 112 valence electrons. The van der Waals surface area contributed by atoms with Crippen LogP contribution in [-0.4, -0.2) is 33.6 Å². The fourth-order valence-electron chi connectivity index (χ4n) is 2.61. The molecule has 0 amide bonds. The molecule has 1 atom stereocenters. The molecular weight excluding hydrogens is 274 g/mol. The molecule has 1 aliphatic heterocycles. The molecule has 1 N–H and O–H groups in total. The van der Waals surface area contributed by atoms with Gasteiger partial charge in [0.25, 0.3) is 0 Å². The first kappa shape index (κ1) is 15.3. The van der Waals surface area contributed by atoms with Gasteiger partial charge in [0.15, 0.2) is 0 Å². The minimum absolute atomic E-state index is 0.215. The van der Waals surface area contributed by atoms with E-state index in [-0.39, 0.29) is 11.8 Å². The number of hydrogen-bond acceptors (Lipinski definition) is 4. The van der Waals surface area contributed by atoms with Crippen LogP contribution in [0.3, 0.4) is 0 Å². The second-order valence-electron chi connectivity index (χ2n) is 5.35. The Bertz CT molecular complexity index is 554. The minimum Gasteiger partial charge on any atom is -0.493 e. The van der Waals surface area contributed by atoms with Crippen LogP contribution in [-0.2, 0) is 16.3 Å². The molecule has 0 fully saturated rings. The predicted molar refractivity (Wildman–Crippen MR) is 81.0 cm³/mol. The van der Waals surface area contributed by atoms with Crippen LogP contribution in [0.5, 0.6) is 5.75 Å². The van der Waals surface area contributed by atoms with E-state index >= 15 is 0 Å². The Labute approximate surface area is 121 Å². The number of hydrogen-bond donors (Lipinski definition) is 1. The third kappa shape index (κ3) is 4.21. The van der Waals surface area contributed by atoms with Gasteiger partial charge in [-0.3, -0.25) is 0 Å². The fraction of sp³-hybridized carbons (Fsp3) is 0.600. The summed E-state index contributed by atoms with van der Waals surface area (Å²) in [6.45, 7) is 3.70. The Morgan fingerprint density at radius 2 is 2.20 bits per heavy atom. The van der Waals surface area contributed by atoms with E-state index in [1.807, 2.05) is 6.07 Å². The molecule has 1 unspecified atom stereocenters. The van der Waals surface area contributed by atoms with Crippen molar-refractivity contribution in [3.05, 3.63) is 29.3 Å². The van der Waals surface area contributed by atoms with Crippen molar-refractivity contribution < 1.29 is 13.2 Å². The molecule has 0 saturated heterocycles. The van der Waals surface area contributed by atoms with Crippen LogP contribution in [0.2, 0.25) is 0 Å². The zero-order valence-electron chi connectivity index (χ0n) is 12.2. The molecule has 1 aromatic rings. The van der Waals surface area contributed by atoms with Crippen LogP contribution in [0.15, 0.2) is 18.2 Å². The molecule has 2 rings (SSSR count). The van der Waals surface area contributed by atoms with E-state index < -0.39 is 9.84 Å². The maximum Gasteiger partial charge on any atom is 0.147 e. The Kier molecular flexibility index (Phi) is 5.05. The smallest absolute Gasteiger partial charge is 0.147 e. The quantitative estimate of drug-likeness (QED) is 0.837. The monoisotopic (exact) mass is 297 g/mol. The molecule has 0 aromatic heterocycles. The zero-order valence-corrected chi connectivity index (χ0v) is 13.0. The first-order valence-corrected chi connectivity index (χ1v) is 9.22. The standard InChI is InChI=1S/C15H23NO3S/c1-3-16-14(5-4-10-20(2,17)18)12-6-7-15-13(11-12)8-9-19-15/h6-7,11,14,16H,3-5,8-10H2,1-2H3. The van der Waals surface area contributed by atoms with Crippen LogP contribution in [0.25, 0.3) is 0 Å². The lowest BCUT2D eigenvalue weighted by Gasteiger charge is -2.19. The van der Waals surface area contributed by atoms with Crippen molar-refractivity contribution in [2.24, 2.45) is 0 Å². The lowest BCUT2D eigenvalue weighted by atomic mass is 9.99. The summed E-state index contributed by atoms with van der Waals surface area (Å²) in [6.07, 6.45) is 3.78. The number of benzene rings is 1. The van der Waals surface area contributed by atoms with Crippen LogP contribution >= 0.6 is 0 Å². The van der Waals surface area contributed by atoms with Crippen molar-refractivity contribution >= 4 is 9.84 Å². The van der Waals surface area contributed by atoms with Gasteiger partial charge in [-0.05, 0) is 36.6 Å². The molecule has 20 heavy (non-hydrogen) atoms. The summed E-state index contributed by atoms with van der Waals surface area (Å²) in [6, 6.07) is 6.51. The van der Waals surface area contributed by atoms with Gasteiger partial charge in [0.05, 0.1) is 6.61 Å². The van der Waals surface area contributed by atoms with Gasteiger partial charge in [0, 0.05) is 24.5 Å². The van der Waals surface area contributed by atoms with Gasteiger partial charge < -0.3 is 10.1 Å². The molecule has 0 saturated carbocycles. The van der Waals surface area contributed by atoms with Gasteiger partial charge in [-0.25, -0.2) is 8.42 Å². The predicted octanol–water partition coefficient (Wildman–Crippen LogP) is 2.10. The third-order valence-electron chi connectivity index (χ3n) is 3.57. The summed E-state index contributed by atoms with van der Waals surface area (Å²) >= 11 is 0. The molecule has 1 heterocycles. The average molecular weight is 297 g/mol. The highest BCUT2D eigenvalue weighted by atomic mass is 32.2. The van der Waals surface area contributed by atoms with E-state index in [0.29, 0.717) is 6.42 Å². The first-order chi connectivity index (χ1) is 9.49. The molecular formula is C15H23NO3S. The number of sulfone groups is 1. The number of ether oxygens (including phenoxy) is 1. The van der Waals surface area contributed by atoms with E-state index in [1.54, 1.807) is 0 Å². The van der Waals surface area contributed by atoms with Gasteiger partial charge in [0.2, 0.25) is 0 Å².